The summed E-state index contributed by atoms with van der Waals surface area (Å²) in [6.45, 7) is 14.8. The number of carbonyl (C=O) groups is 3. The fraction of sp³-hybridized carbons (Fsp3) is 0.587. The van der Waals surface area contributed by atoms with Gasteiger partial charge in [0.1, 0.15) is 24.7 Å². The maximum atomic E-state index is 14.3. The van der Waals surface area contributed by atoms with Crippen LogP contribution in [0.15, 0.2) is 72.3 Å². The molecule has 5 aliphatic carbocycles. The van der Waals surface area contributed by atoms with Gasteiger partial charge in [-0.25, -0.2) is 4.79 Å². The van der Waals surface area contributed by atoms with Crippen LogP contribution >= 0.6 is 0 Å². The number of para-hydroxylation sites is 1. The molecule has 8 rings (SSSR count). The van der Waals surface area contributed by atoms with Crippen molar-refractivity contribution in [1.82, 2.24) is 4.98 Å². The van der Waals surface area contributed by atoms with Gasteiger partial charge >= 0.3 is 11.9 Å². The normalized spacial score (nSPS) is 37.8. The molecule has 4 fully saturated rings. The van der Waals surface area contributed by atoms with Crippen LogP contribution in [0.2, 0.25) is 0 Å². The molecule has 1 aromatic heterocycles. The number of ketones is 1. The minimum Gasteiger partial charge on any atom is -0.460 e. The van der Waals surface area contributed by atoms with E-state index in [0.717, 1.165) is 74.3 Å². The first-order valence-electron chi connectivity index (χ1n) is 19.9. The Balaban J connectivity index is 1.08. The summed E-state index contributed by atoms with van der Waals surface area (Å²) in [5.41, 5.74) is 2.68. The summed E-state index contributed by atoms with van der Waals surface area (Å²) in [5, 5.41) is 0.965. The molecule has 1 heterocycles. The molecule has 3 aromatic rings. The molecule has 0 bridgehead atoms. The zero-order chi connectivity index (χ0) is 36.7. The largest absolute Gasteiger partial charge is 0.460 e. The average Bonchev–Trinajstić information content (AvgIpc) is 3.57. The second-order valence-electron chi connectivity index (χ2n) is 19.1. The molecule has 0 radical (unpaired) electrons. The first kappa shape index (κ1) is 35.4. The van der Waals surface area contributed by atoms with Gasteiger partial charge in [-0.1, -0.05) is 94.8 Å². The van der Waals surface area contributed by atoms with E-state index in [9.17, 15) is 14.4 Å². The number of hydrogen-bond acceptors (Lipinski definition) is 5. The predicted molar refractivity (Wildman–Crippen MR) is 203 cm³/mol. The number of nitrogens with one attached hydrogen (secondary N) is 1. The van der Waals surface area contributed by atoms with Gasteiger partial charge in [0.2, 0.25) is 0 Å². The molecular formula is C46H57NO5. The average molecular weight is 704 g/mol. The smallest absolute Gasteiger partial charge is 0.354 e. The van der Waals surface area contributed by atoms with Crippen LogP contribution in [0.3, 0.4) is 0 Å². The summed E-state index contributed by atoms with van der Waals surface area (Å²) in [6.07, 6.45) is 11.6. The molecule has 0 amide bonds. The number of ether oxygens (including phenoxy) is 2. The number of carbonyl (C=O) groups excluding carboxylic acids is 3. The quantitative estimate of drug-likeness (QED) is 0.204. The van der Waals surface area contributed by atoms with Crippen molar-refractivity contribution in [2.75, 3.05) is 6.61 Å². The molecule has 52 heavy (non-hydrogen) atoms. The van der Waals surface area contributed by atoms with Gasteiger partial charge in [-0.3, -0.25) is 9.59 Å². The molecule has 0 saturated heterocycles. The molecule has 5 aliphatic rings. The molecule has 8 atom stereocenters. The summed E-state index contributed by atoms with van der Waals surface area (Å²) < 4.78 is 12.3. The lowest BCUT2D eigenvalue weighted by atomic mass is 9.33. The van der Waals surface area contributed by atoms with Gasteiger partial charge in [0.25, 0.3) is 0 Å². The van der Waals surface area contributed by atoms with Gasteiger partial charge < -0.3 is 14.5 Å². The number of hydrogen-bond donors (Lipinski definition) is 1. The number of aromatic amines is 1. The Morgan fingerprint density at radius 2 is 1.56 bits per heavy atom. The van der Waals surface area contributed by atoms with E-state index in [0.29, 0.717) is 24.6 Å². The third-order valence-electron chi connectivity index (χ3n) is 16.1. The second kappa shape index (κ2) is 12.2. The van der Waals surface area contributed by atoms with Gasteiger partial charge in [-0.05, 0) is 122 Å². The van der Waals surface area contributed by atoms with E-state index in [4.69, 9.17) is 9.47 Å². The Hall–Kier alpha value is -3.67. The molecule has 0 spiro atoms. The first-order valence-corrected chi connectivity index (χ1v) is 19.9. The van der Waals surface area contributed by atoms with Crippen molar-refractivity contribution in [2.24, 2.45) is 50.2 Å². The maximum absolute atomic E-state index is 14.3. The van der Waals surface area contributed by atoms with Crippen LogP contribution in [0.1, 0.15) is 122 Å². The molecule has 6 nitrogen and oxygen atoms in total. The van der Waals surface area contributed by atoms with Gasteiger partial charge in [0, 0.05) is 17.3 Å². The monoisotopic (exact) mass is 703 g/mol. The summed E-state index contributed by atoms with van der Waals surface area (Å²) in [5.74, 6) is 0.493. The van der Waals surface area contributed by atoms with Gasteiger partial charge in [-0.2, -0.15) is 0 Å². The van der Waals surface area contributed by atoms with Crippen LogP contribution in [0.4, 0.5) is 0 Å². The van der Waals surface area contributed by atoms with Crippen molar-refractivity contribution >= 4 is 28.6 Å². The summed E-state index contributed by atoms with van der Waals surface area (Å²) in [7, 11) is 0. The van der Waals surface area contributed by atoms with E-state index < -0.39 is 16.8 Å². The van der Waals surface area contributed by atoms with Gasteiger partial charge in [0.15, 0.2) is 0 Å². The number of Topliss-reactive ketones (excluding diaryl/α,β-unsaturated/α-hetero) is 1. The lowest BCUT2D eigenvalue weighted by Crippen LogP contribution is -2.65. The standard InChI is InChI=1S/C46H57NO5/c1-41(2)22-24-46(40(50)51-28-30-12-8-7-9-13-30)25-23-44(5)32(33(46)27-41)16-17-37-42(3)20-19-38(48)43(4,36(42)18-21-45(37,44)6)29-52-39(49)35-26-31-14-10-11-15-34(31)47-35/h7-16,26,33,36-37,47H,17-25,27-29H2,1-6H3/t33-,36+,37+,42-,43-,44+,45+,46-/m0/s1. The van der Waals surface area contributed by atoms with Crippen molar-refractivity contribution in [1.29, 1.82) is 0 Å². The molecule has 4 saturated carbocycles. The summed E-state index contributed by atoms with van der Waals surface area (Å²) in [4.78, 5) is 44.9. The molecule has 0 unspecified atom stereocenters. The van der Waals surface area contributed by atoms with Crippen LogP contribution in [0.25, 0.3) is 10.9 Å². The molecular weight excluding hydrogens is 647 g/mol. The van der Waals surface area contributed by atoms with E-state index in [1.807, 2.05) is 60.7 Å². The Morgan fingerprint density at radius 3 is 2.33 bits per heavy atom. The third-order valence-corrected chi connectivity index (χ3v) is 16.1. The fourth-order valence-corrected chi connectivity index (χ4v) is 12.8. The fourth-order valence-electron chi connectivity index (χ4n) is 12.8. The van der Waals surface area contributed by atoms with E-state index in [-0.39, 0.29) is 51.9 Å². The molecule has 0 aliphatic heterocycles. The Morgan fingerprint density at radius 1 is 0.827 bits per heavy atom. The number of fused-ring (bicyclic) bond motifs is 8. The lowest BCUT2D eigenvalue weighted by molar-refractivity contribution is -0.196. The van der Waals surface area contributed by atoms with Crippen molar-refractivity contribution in [2.45, 2.75) is 112 Å². The molecule has 2 aromatic carbocycles. The molecule has 276 valence electrons. The number of H-pyrrole nitrogens is 1. The van der Waals surface area contributed by atoms with Gasteiger partial charge in [-0.15, -0.1) is 0 Å². The Bertz CT molecular complexity index is 1910. The zero-order valence-corrected chi connectivity index (χ0v) is 32.1. The highest BCUT2D eigenvalue weighted by Crippen LogP contribution is 2.75. The Labute approximate surface area is 309 Å². The molecule has 1 N–H and O–H groups in total. The summed E-state index contributed by atoms with van der Waals surface area (Å²) in [6, 6.07) is 19.7. The zero-order valence-electron chi connectivity index (χ0n) is 32.1. The van der Waals surface area contributed by atoms with Crippen LogP contribution in [-0.2, 0) is 25.7 Å². The third kappa shape index (κ3) is 5.20. The highest BCUT2D eigenvalue weighted by molar-refractivity contribution is 5.95. The Kier molecular flexibility index (Phi) is 8.28. The van der Waals surface area contributed by atoms with E-state index >= 15 is 0 Å². The van der Waals surface area contributed by atoms with E-state index in [1.54, 1.807) is 0 Å². The van der Waals surface area contributed by atoms with Crippen LogP contribution in [0.5, 0.6) is 0 Å². The number of rotatable bonds is 6. The number of aromatic nitrogens is 1. The van der Waals surface area contributed by atoms with Crippen LogP contribution in [0, 0.1) is 50.2 Å². The van der Waals surface area contributed by atoms with Gasteiger partial charge in [0.05, 0.1) is 10.8 Å². The summed E-state index contributed by atoms with van der Waals surface area (Å²) >= 11 is 0. The topological polar surface area (TPSA) is 85.5 Å². The molecule has 6 heteroatoms. The lowest BCUT2D eigenvalue weighted by Gasteiger charge is -2.70. The highest BCUT2D eigenvalue weighted by Gasteiger charge is 2.70. The van der Waals surface area contributed by atoms with Crippen LogP contribution in [-0.4, -0.2) is 29.3 Å². The van der Waals surface area contributed by atoms with Crippen molar-refractivity contribution in [3.63, 3.8) is 0 Å². The minimum absolute atomic E-state index is 0.00805. The number of allylic oxidation sites excluding steroid dienone is 2. The van der Waals surface area contributed by atoms with Crippen molar-refractivity contribution in [3.05, 3.63) is 83.6 Å². The highest BCUT2D eigenvalue weighted by atomic mass is 16.5. The first-order chi connectivity index (χ1) is 24.7. The SMILES string of the molecule is CC1(C)CC[C@]2(C(=O)OCc3ccccc3)CC[C@]3(C)C(=CC[C@@H]4[C@@]5(C)CCC(=O)[C@@](C)(COC(=O)c6cc7ccccc7[nH]6)[C@@H]5CC[C@]43C)[C@@H]2C1. The van der Waals surface area contributed by atoms with E-state index in [1.165, 1.54) is 5.57 Å². The van der Waals surface area contributed by atoms with Crippen LogP contribution < -0.4 is 0 Å². The second-order valence-corrected chi connectivity index (χ2v) is 19.1. The minimum atomic E-state index is -0.738. The number of esters is 2. The van der Waals surface area contributed by atoms with Crippen molar-refractivity contribution in [3.8, 4) is 0 Å². The number of benzene rings is 2. The van der Waals surface area contributed by atoms with Crippen molar-refractivity contribution < 1.29 is 23.9 Å². The maximum Gasteiger partial charge on any atom is 0.354 e. The van der Waals surface area contributed by atoms with E-state index in [2.05, 4.69) is 52.6 Å². The predicted octanol–water partition coefficient (Wildman–Crippen LogP) is 10.4.